The molecule has 106 valence electrons. The molecule has 0 N–H and O–H groups in total. The molecule has 3 rings (SSSR count). The van der Waals surface area contributed by atoms with Gasteiger partial charge in [0.2, 0.25) is 0 Å². The van der Waals surface area contributed by atoms with Gasteiger partial charge in [0.05, 0.1) is 6.10 Å². The van der Waals surface area contributed by atoms with Crippen LogP contribution in [0.15, 0.2) is 54.6 Å². The topological polar surface area (TPSA) is 9.23 Å². The van der Waals surface area contributed by atoms with Crippen molar-refractivity contribution >= 4 is 11.8 Å². The Morgan fingerprint density at radius 2 is 1.95 bits per heavy atom. The monoisotopic (exact) mass is 286 g/mol. The summed E-state index contributed by atoms with van der Waals surface area (Å²) < 4.78 is 5.80. The molecular weight excluding hydrogens is 264 g/mol. The summed E-state index contributed by atoms with van der Waals surface area (Å²) in [5.74, 6) is 1.71. The van der Waals surface area contributed by atoms with E-state index in [0.717, 1.165) is 12.4 Å². The number of thioether (sulfide) groups is 1. The highest BCUT2D eigenvalue weighted by Crippen LogP contribution is 2.33. The second-order valence-corrected chi connectivity index (χ2v) is 6.73. The Morgan fingerprint density at radius 3 is 2.75 bits per heavy atom. The van der Waals surface area contributed by atoms with Crippen LogP contribution in [0.5, 0.6) is 0 Å². The van der Waals surface area contributed by atoms with E-state index in [-0.39, 0.29) is 0 Å². The van der Waals surface area contributed by atoms with Gasteiger partial charge in [0, 0.05) is 17.6 Å². The van der Waals surface area contributed by atoms with E-state index in [0.29, 0.717) is 17.3 Å². The number of ether oxygens (including phenoxy) is 1. The molecule has 0 aromatic heterocycles. The zero-order chi connectivity index (χ0) is 13.6. The second-order valence-electron chi connectivity index (χ2n) is 5.57. The van der Waals surface area contributed by atoms with Crippen LogP contribution < -0.4 is 0 Å². The highest BCUT2D eigenvalue weighted by Gasteiger charge is 2.25. The molecule has 3 atom stereocenters. The van der Waals surface area contributed by atoms with Gasteiger partial charge in [-0.05, 0) is 30.7 Å². The van der Waals surface area contributed by atoms with Crippen LogP contribution >= 0.6 is 11.8 Å². The van der Waals surface area contributed by atoms with Crippen molar-refractivity contribution in [3.8, 4) is 0 Å². The van der Waals surface area contributed by atoms with Gasteiger partial charge in [-0.2, -0.15) is 0 Å². The normalized spacial score (nSPS) is 28.9. The third kappa shape index (κ3) is 3.77. The first-order valence-electron chi connectivity index (χ1n) is 7.54. The van der Waals surface area contributed by atoms with Gasteiger partial charge < -0.3 is 4.74 Å². The molecule has 0 bridgehead atoms. The van der Waals surface area contributed by atoms with Crippen LogP contribution in [0, 0.1) is 5.92 Å². The molecule has 20 heavy (non-hydrogen) atoms. The average molecular weight is 286 g/mol. The molecule has 0 amide bonds. The van der Waals surface area contributed by atoms with Gasteiger partial charge >= 0.3 is 0 Å². The van der Waals surface area contributed by atoms with E-state index in [9.17, 15) is 0 Å². The van der Waals surface area contributed by atoms with Crippen LogP contribution in [-0.4, -0.2) is 18.0 Å². The fourth-order valence-corrected chi connectivity index (χ4v) is 4.15. The SMILES string of the molecule is C1=CC(SCc2ccccc2)[C@@H](CC2CCCO2)C=C1. The lowest BCUT2D eigenvalue weighted by molar-refractivity contribution is 0.0955. The quantitative estimate of drug-likeness (QED) is 0.782. The molecule has 1 heterocycles. The predicted octanol–water partition coefficient (Wildman–Crippen LogP) is 4.60. The molecule has 0 spiro atoms. The smallest absolute Gasteiger partial charge is 0.0582 e. The summed E-state index contributed by atoms with van der Waals surface area (Å²) in [5.41, 5.74) is 1.41. The van der Waals surface area contributed by atoms with Crippen molar-refractivity contribution in [1.29, 1.82) is 0 Å². The Kier molecular flexibility index (Phi) is 4.99. The molecule has 1 aromatic carbocycles. The molecule has 1 nitrogen and oxygen atoms in total. The van der Waals surface area contributed by atoms with Crippen molar-refractivity contribution in [2.75, 3.05) is 6.61 Å². The standard InChI is InChI=1S/C18H22OS/c1-2-7-15(8-3-1)14-20-18-11-5-4-9-16(18)13-17-10-6-12-19-17/h1-5,7-9,11,16-18H,6,10,12-14H2/t16-,17?,18?/m1/s1. The number of rotatable bonds is 5. The highest BCUT2D eigenvalue weighted by atomic mass is 32.2. The van der Waals surface area contributed by atoms with Gasteiger partial charge in [0.15, 0.2) is 0 Å². The molecule has 1 aliphatic carbocycles. The van der Waals surface area contributed by atoms with Crippen molar-refractivity contribution < 1.29 is 4.74 Å². The first-order chi connectivity index (χ1) is 9.92. The minimum absolute atomic E-state index is 0.482. The molecule has 1 aliphatic heterocycles. The Bertz CT molecular complexity index is 460. The minimum Gasteiger partial charge on any atom is -0.378 e. The van der Waals surface area contributed by atoms with Gasteiger partial charge in [-0.3, -0.25) is 0 Å². The van der Waals surface area contributed by atoms with Crippen LogP contribution in [-0.2, 0) is 10.5 Å². The molecule has 2 heteroatoms. The summed E-state index contributed by atoms with van der Waals surface area (Å²) in [5, 5.41) is 0.587. The summed E-state index contributed by atoms with van der Waals surface area (Å²) in [4.78, 5) is 0. The molecule has 1 fully saturated rings. The Labute approximate surface area is 126 Å². The van der Waals surface area contributed by atoms with Gasteiger partial charge in [0.25, 0.3) is 0 Å². The lowest BCUT2D eigenvalue weighted by Gasteiger charge is -2.26. The zero-order valence-corrected chi connectivity index (χ0v) is 12.6. The zero-order valence-electron chi connectivity index (χ0n) is 11.8. The average Bonchev–Trinajstić information content (AvgIpc) is 3.00. The summed E-state index contributed by atoms with van der Waals surface area (Å²) in [6, 6.07) is 10.7. The number of benzene rings is 1. The molecule has 1 saturated heterocycles. The number of hydrogen-bond acceptors (Lipinski definition) is 2. The van der Waals surface area contributed by atoms with E-state index < -0.39 is 0 Å². The minimum atomic E-state index is 0.482. The molecule has 1 aromatic rings. The second kappa shape index (κ2) is 7.14. The first-order valence-corrected chi connectivity index (χ1v) is 8.59. The van der Waals surface area contributed by atoms with E-state index in [1.165, 1.54) is 24.8 Å². The summed E-state index contributed by atoms with van der Waals surface area (Å²) in [7, 11) is 0. The highest BCUT2D eigenvalue weighted by molar-refractivity contribution is 7.99. The Balaban J connectivity index is 1.55. The van der Waals surface area contributed by atoms with Crippen molar-refractivity contribution in [2.45, 2.75) is 36.4 Å². The van der Waals surface area contributed by atoms with Crippen LogP contribution in [0.2, 0.25) is 0 Å². The molecular formula is C18H22OS. The number of hydrogen-bond donors (Lipinski definition) is 0. The van der Waals surface area contributed by atoms with E-state index in [4.69, 9.17) is 4.74 Å². The van der Waals surface area contributed by atoms with Gasteiger partial charge in [-0.25, -0.2) is 0 Å². The molecule has 2 aliphatic rings. The largest absolute Gasteiger partial charge is 0.378 e. The lowest BCUT2D eigenvalue weighted by Crippen LogP contribution is -2.21. The summed E-state index contributed by atoms with van der Waals surface area (Å²) in [6.45, 7) is 0.957. The predicted molar refractivity (Wildman–Crippen MR) is 86.9 cm³/mol. The van der Waals surface area contributed by atoms with E-state index in [2.05, 4.69) is 54.6 Å². The van der Waals surface area contributed by atoms with Crippen LogP contribution in [0.3, 0.4) is 0 Å². The maximum Gasteiger partial charge on any atom is 0.0582 e. The summed E-state index contributed by atoms with van der Waals surface area (Å²) >= 11 is 2.05. The van der Waals surface area contributed by atoms with Crippen molar-refractivity contribution in [2.24, 2.45) is 5.92 Å². The third-order valence-electron chi connectivity index (χ3n) is 4.04. The lowest BCUT2D eigenvalue weighted by atomic mass is 9.93. The van der Waals surface area contributed by atoms with Crippen LogP contribution in [0.25, 0.3) is 0 Å². The number of allylic oxidation sites excluding steroid dienone is 3. The molecule has 0 saturated carbocycles. The van der Waals surface area contributed by atoms with Crippen molar-refractivity contribution in [1.82, 2.24) is 0 Å². The molecule has 0 radical (unpaired) electrons. The van der Waals surface area contributed by atoms with Gasteiger partial charge in [-0.15, -0.1) is 11.8 Å². The first kappa shape index (κ1) is 14.0. The van der Waals surface area contributed by atoms with E-state index in [1.54, 1.807) is 0 Å². The fourth-order valence-electron chi connectivity index (χ4n) is 2.93. The van der Waals surface area contributed by atoms with Gasteiger partial charge in [-0.1, -0.05) is 54.6 Å². The van der Waals surface area contributed by atoms with Crippen molar-refractivity contribution in [3.63, 3.8) is 0 Å². The van der Waals surface area contributed by atoms with E-state index in [1.807, 2.05) is 11.8 Å². The Hall–Kier alpha value is -0.990. The third-order valence-corrected chi connectivity index (χ3v) is 5.43. The molecule has 2 unspecified atom stereocenters. The maximum atomic E-state index is 5.80. The summed E-state index contributed by atoms with van der Waals surface area (Å²) in [6.07, 6.45) is 13.2. The van der Waals surface area contributed by atoms with Crippen molar-refractivity contribution in [3.05, 3.63) is 60.2 Å². The van der Waals surface area contributed by atoms with Gasteiger partial charge in [0.1, 0.15) is 0 Å². The van der Waals surface area contributed by atoms with Crippen LogP contribution in [0.4, 0.5) is 0 Å². The fraction of sp³-hybridized carbons (Fsp3) is 0.444. The maximum absolute atomic E-state index is 5.80. The van der Waals surface area contributed by atoms with E-state index >= 15 is 0 Å². The van der Waals surface area contributed by atoms with Crippen LogP contribution in [0.1, 0.15) is 24.8 Å². The Morgan fingerprint density at radius 1 is 1.10 bits per heavy atom.